The molecule has 5 heteroatoms. The van der Waals surface area contributed by atoms with Crippen LogP contribution in [0.4, 0.5) is 5.82 Å². The molecule has 2 aromatic rings. The Kier molecular flexibility index (Phi) is 4.01. The van der Waals surface area contributed by atoms with Crippen LogP contribution in [0.3, 0.4) is 0 Å². The van der Waals surface area contributed by atoms with Crippen LogP contribution in [0.25, 0.3) is 10.9 Å². The Morgan fingerprint density at radius 1 is 1.19 bits per heavy atom. The number of amides is 1. The molecule has 0 unspecified atom stereocenters. The molecule has 21 heavy (non-hydrogen) atoms. The summed E-state index contributed by atoms with van der Waals surface area (Å²) in [6.07, 6.45) is 3.52. The number of benzene rings is 1. The van der Waals surface area contributed by atoms with Gasteiger partial charge in [-0.1, -0.05) is 24.6 Å². The average molecular weight is 284 g/mol. The zero-order valence-electron chi connectivity index (χ0n) is 12.2. The van der Waals surface area contributed by atoms with Gasteiger partial charge in [0.05, 0.1) is 11.1 Å². The lowest BCUT2D eigenvalue weighted by atomic mass is 10.1. The Labute approximate surface area is 124 Å². The van der Waals surface area contributed by atoms with E-state index in [-0.39, 0.29) is 5.91 Å². The van der Waals surface area contributed by atoms with Crippen molar-refractivity contribution in [3.63, 3.8) is 0 Å². The lowest BCUT2D eigenvalue weighted by Gasteiger charge is -2.27. The van der Waals surface area contributed by atoms with E-state index in [1.165, 1.54) is 6.42 Å². The van der Waals surface area contributed by atoms with Crippen molar-refractivity contribution in [3.05, 3.63) is 35.9 Å². The summed E-state index contributed by atoms with van der Waals surface area (Å²) in [5.41, 5.74) is 4.51. The number of carbonyl (C=O) groups excluding carboxylic acids is 1. The van der Waals surface area contributed by atoms with E-state index in [4.69, 9.17) is 0 Å². The van der Waals surface area contributed by atoms with Gasteiger partial charge in [0.2, 0.25) is 0 Å². The van der Waals surface area contributed by atoms with Gasteiger partial charge in [-0.05, 0) is 25.0 Å². The van der Waals surface area contributed by atoms with Crippen LogP contribution in [0.1, 0.15) is 29.6 Å². The van der Waals surface area contributed by atoms with E-state index >= 15 is 0 Å². The monoisotopic (exact) mass is 284 g/mol. The van der Waals surface area contributed by atoms with Crippen molar-refractivity contribution >= 4 is 22.6 Å². The molecular formula is C16H20N4O. The summed E-state index contributed by atoms with van der Waals surface area (Å²) < 4.78 is 0. The van der Waals surface area contributed by atoms with E-state index < -0.39 is 0 Å². The maximum atomic E-state index is 12.6. The number of pyridine rings is 1. The van der Waals surface area contributed by atoms with E-state index in [1.807, 2.05) is 42.4 Å². The minimum absolute atomic E-state index is 0.0630. The zero-order valence-corrected chi connectivity index (χ0v) is 12.2. The molecule has 2 heterocycles. The van der Waals surface area contributed by atoms with Crippen LogP contribution in [0.15, 0.2) is 30.3 Å². The highest BCUT2D eigenvalue weighted by Crippen LogP contribution is 2.21. The van der Waals surface area contributed by atoms with E-state index in [9.17, 15) is 4.79 Å². The molecule has 1 aliphatic heterocycles. The lowest BCUT2D eigenvalue weighted by Crippen LogP contribution is -2.45. The lowest BCUT2D eigenvalue weighted by molar-refractivity contribution is 0.0752. The molecule has 0 spiro atoms. The van der Waals surface area contributed by atoms with Crippen molar-refractivity contribution in [2.45, 2.75) is 19.3 Å². The SMILES string of the molecule is CNc1cc(C(=O)NN2CCCCC2)c2ccccc2n1. The van der Waals surface area contributed by atoms with Crippen LogP contribution < -0.4 is 10.7 Å². The molecule has 110 valence electrons. The second-order valence-corrected chi connectivity index (χ2v) is 5.31. The standard InChI is InChI=1S/C16H20N4O/c1-17-15-11-13(12-7-3-4-8-14(12)18-15)16(21)19-20-9-5-2-6-10-20/h3-4,7-8,11H,2,5-6,9-10H2,1H3,(H,17,18)(H,19,21). The zero-order chi connectivity index (χ0) is 14.7. The van der Waals surface area contributed by atoms with Crippen molar-refractivity contribution < 1.29 is 4.79 Å². The molecule has 3 rings (SSSR count). The molecule has 0 aliphatic carbocycles. The minimum Gasteiger partial charge on any atom is -0.373 e. The molecule has 0 saturated carbocycles. The van der Waals surface area contributed by atoms with Gasteiger partial charge in [-0.25, -0.2) is 9.99 Å². The third kappa shape index (κ3) is 2.97. The number of hydrogen-bond donors (Lipinski definition) is 2. The Bertz CT molecular complexity index is 650. The molecule has 1 aliphatic rings. The van der Waals surface area contributed by atoms with E-state index in [0.717, 1.165) is 36.8 Å². The largest absolute Gasteiger partial charge is 0.373 e. The number of hydrazine groups is 1. The first kappa shape index (κ1) is 13.8. The van der Waals surface area contributed by atoms with Gasteiger partial charge in [0.1, 0.15) is 5.82 Å². The maximum Gasteiger partial charge on any atom is 0.266 e. The first-order valence-electron chi connectivity index (χ1n) is 7.41. The third-order valence-corrected chi connectivity index (χ3v) is 3.83. The number of anilines is 1. The molecule has 2 N–H and O–H groups in total. The highest BCUT2D eigenvalue weighted by atomic mass is 16.2. The van der Waals surface area contributed by atoms with Crippen molar-refractivity contribution in [1.29, 1.82) is 0 Å². The van der Waals surface area contributed by atoms with Gasteiger partial charge in [0.15, 0.2) is 0 Å². The molecule has 1 aromatic heterocycles. The number of nitrogens with one attached hydrogen (secondary N) is 2. The van der Waals surface area contributed by atoms with Gasteiger partial charge in [-0.2, -0.15) is 0 Å². The molecule has 1 aromatic carbocycles. The van der Waals surface area contributed by atoms with Crippen molar-refractivity contribution in [2.75, 3.05) is 25.5 Å². The first-order valence-corrected chi connectivity index (χ1v) is 7.41. The molecular weight excluding hydrogens is 264 g/mol. The number of aromatic nitrogens is 1. The van der Waals surface area contributed by atoms with Crippen LogP contribution in [0.2, 0.25) is 0 Å². The van der Waals surface area contributed by atoms with Crippen molar-refractivity contribution in [2.24, 2.45) is 0 Å². The number of piperidine rings is 1. The summed E-state index contributed by atoms with van der Waals surface area (Å²) in [5, 5.41) is 5.91. The fraction of sp³-hybridized carbons (Fsp3) is 0.375. The summed E-state index contributed by atoms with van der Waals surface area (Å²) >= 11 is 0. The maximum absolute atomic E-state index is 12.6. The third-order valence-electron chi connectivity index (χ3n) is 3.83. The number of para-hydroxylation sites is 1. The van der Waals surface area contributed by atoms with E-state index in [2.05, 4.69) is 15.7 Å². The van der Waals surface area contributed by atoms with Crippen molar-refractivity contribution in [3.8, 4) is 0 Å². The van der Waals surface area contributed by atoms with Gasteiger partial charge in [-0.15, -0.1) is 0 Å². The molecule has 1 fully saturated rings. The Morgan fingerprint density at radius 2 is 1.95 bits per heavy atom. The summed E-state index contributed by atoms with van der Waals surface area (Å²) in [4.78, 5) is 17.1. The molecule has 5 nitrogen and oxygen atoms in total. The quantitative estimate of drug-likeness (QED) is 0.908. The normalized spacial score (nSPS) is 15.9. The first-order chi connectivity index (χ1) is 10.3. The van der Waals surface area contributed by atoms with Gasteiger partial charge in [0, 0.05) is 25.5 Å². The van der Waals surface area contributed by atoms with Crippen molar-refractivity contribution in [1.82, 2.24) is 15.4 Å². The predicted molar refractivity (Wildman–Crippen MR) is 84.2 cm³/mol. The summed E-state index contributed by atoms with van der Waals surface area (Å²) in [7, 11) is 1.81. The number of hydrogen-bond acceptors (Lipinski definition) is 4. The summed E-state index contributed by atoms with van der Waals surface area (Å²) in [6.45, 7) is 1.85. The van der Waals surface area contributed by atoms with Crippen LogP contribution in [-0.4, -0.2) is 36.0 Å². The highest BCUT2D eigenvalue weighted by Gasteiger charge is 2.17. The Balaban J connectivity index is 1.92. The number of nitrogens with zero attached hydrogens (tertiary/aromatic N) is 2. The summed E-state index contributed by atoms with van der Waals surface area (Å²) in [5.74, 6) is 0.643. The topological polar surface area (TPSA) is 57.3 Å². The second-order valence-electron chi connectivity index (χ2n) is 5.31. The van der Waals surface area contributed by atoms with Gasteiger partial charge in [0.25, 0.3) is 5.91 Å². The van der Waals surface area contributed by atoms with Crippen LogP contribution in [0.5, 0.6) is 0 Å². The molecule has 0 bridgehead atoms. The molecule has 0 radical (unpaired) electrons. The summed E-state index contributed by atoms with van der Waals surface area (Å²) in [6, 6.07) is 9.53. The van der Waals surface area contributed by atoms with E-state index in [1.54, 1.807) is 0 Å². The fourth-order valence-electron chi connectivity index (χ4n) is 2.70. The fourth-order valence-corrected chi connectivity index (χ4v) is 2.70. The minimum atomic E-state index is -0.0630. The van der Waals surface area contributed by atoms with Gasteiger partial charge in [-0.3, -0.25) is 10.2 Å². The van der Waals surface area contributed by atoms with Crippen LogP contribution in [-0.2, 0) is 0 Å². The van der Waals surface area contributed by atoms with E-state index in [0.29, 0.717) is 11.4 Å². The molecule has 1 saturated heterocycles. The smallest absolute Gasteiger partial charge is 0.266 e. The average Bonchev–Trinajstić information content (AvgIpc) is 2.54. The van der Waals surface area contributed by atoms with Gasteiger partial charge < -0.3 is 5.32 Å². The number of rotatable bonds is 3. The Morgan fingerprint density at radius 3 is 2.71 bits per heavy atom. The second kappa shape index (κ2) is 6.10. The van der Waals surface area contributed by atoms with Gasteiger partial charge >= 0.3 is 0 Å². The number of fused-ring (bicyclic) bond motifs is 1. The predicted octanol–water partition coefficient (Wildman–Crippen LogP) is 2.41. The van der Waals surface area contributed by atoms with Crippen LogP contribution >= 0.6 is 0 Å². The molecule has 0 atom stereocenters. The van der Waals surface area contributed by atoms with Crippen LogP contribution in [0, 0.1) is 0 Å². The Hall–Kier alpha value is -2.14. The highest BCUT2D eigenvalue weighted by molar-refractivity contribution is 6.06. The number of carbonyl (C=O) groups is 1. The molecule has 1 amide bonds.